The number of benzene rings is 2. The molecule has 2 aromatic rings. The molecule has 98 valence electrons. The van der Waals surface area contributed by atoms with Crippen LogP contribution in [0, 0.1) is 0 Å². The summed E-state index contributed by atoms with van der Waals surface area (Å²) in [7, 11) is -3.39. The zero-order valence-electron chi connectivity index (χ0n) is 10.2. The molecule has 0 aliphatic heterocycles. The van der Waals surface area contributed by atoms with E-state index in [0.717, 1.165) is 11.1 Å². The fourth-order valence-electron chi connectivity index (χ4n) is 2.56. The topological polar surface area (TPSA) is 34.1 Å². The molecule has 3 rings (SSSR count). The summed E-state index contributed by atoms with van der Waals surface area (Å²) in [5.74, 6) is 0. The van der Waals surface area contributed by atoms with Crippen molar-refractivity contribution in [3.05, 3.63) is 65.7 Å². The Morgan fingerprint density at radius 2 is 1.58 bits per heavy atom. The Morgan fingerprint density at radius 3 is 2.26 bits per heavy atom. The number of halogens is 1. The van der Waals surface area contributed by atoms with Crippen LogP contribution in [0.4, 0.5) is 0 Å². The highest BCUT2D eigenvalue weighted by atomic mass is 35.5. The first-order chi connectivity index (χ1) is 9.10. The smallest absolute Gasteiger partial charge is 0.183 e. The third-order valence-corrected chi connectivity index (χ3v) is 6.42. The van der Waals surface area contributed by atoms with Crippen LogP contribution in [-0.4, -0.2) is 13.7 Å². The molecule has 2 nitrogen and oxygen atoms in total. The van der Waals surface area contributed by atoms with Crippen molar-refractivity contribution in [1.82, 2.24) is 0 Å². The van der Waals surface area contributed by atoms with Gasteiger partial charge in [0, 0.05) is 0 Å². The summed E-state index contributed by atoms with van der Waals surface area (Å²) in [5, 5.41) is -1.05. The van der Waals surface area contributed by atoms with E-state index in [4.69, 9.17) is 11.6 Å². The van der Waals surface area contributed by atoms with Crippen LogP contribution in [0.15, 0.2) is 59.5 Å². The first-order valence-corrected chi connectivity index (χ1v) is 8.10. The lowest BCUT2D eigenvalue weighted by molar-refractivity contribution is 0.579. The van der Waals surface area contributed by atoms with Gasteiger partial charge in [-0.15, -0.1) is 11.6 Å². The minimum atomic E-state index is -3.39. The molecule has 2 aromatic carbocycles. The van der Waals surface area contributed by atoms with Gasteiger partial charge in [-0.25, -0.2) is 8.42 Å². The lowest BCUT2D eigenvalue weighted by atomic mass is 10.1. The van der Waals surface area contributed by atoms with Crippen molar-refractivity contribution in [2.24, 2.45) is 0 Å². The van der Waals surface area contributed by atoms with Crippen LogP contribution in [0.2, 0.25) is 0 Å². The van der Waals surface area contributed by atoms with Crippen molar-refractivity contribution in [3.63, 3.8) is 0 Å². The number of hydrogen-bond acceptors (Lipinski definition) is 2. The van der Waals surface area contributed by atoms with Gasteiger partial charge in [-0.3, -0.25) is 0 Å². The van der Waals surface area contributed by atoms with E-state index in [1.165, 1.54) is 0 Å². The molecule has 4 heteroatoms. The Morgan fingerprint density at radius 1 is 0.947 bits per heavy atom. The van der Waals surface area contributed by atoms with E-state index in [-0.39, 0.29) is 0 Å². The molecule has 0 spiro atoms. The summed E-state index contributed by atoms with van der Waals surface area (Å²) in [5.41, 5.74) is 1.97. The van der Waals surface area contributed by atoms with Crippen molar-refractivity contribution in [2.45, 2.75) is 21.9 Å². The van der Waals surface area contributed by atoms with Crippen molar-refractivity contribution in [1.29, 1.82) is 0 Å². The maximum atomic E-state index is 12.6. The molecule has 0 bridgehead atoms. The van der Waals surface area contributed by atoms with Gasteiger partial charge >= 0.3 is 0 Å². The monoisotopic (exact) mass is 292 g/mol. The van der Waals surface area contributed by atoms with Gasteiger partial charge in [0.1, 0.15) is 0 Å². The molecule has 0 saturated carbocycles. The van der Waals surface area contributed by atoms with Crippen molar-refractivity contribution in [3.8, 4) is 0 Å². The fraction of sp³-hybridized carbons (Fsp3) is 0.200. The second-order valence-corrected chi connectivity index (χ2v) is 7.34. The van der Waals surface area contributed by atoms with Gasteiger partial charge in [-0.1, -0.05) is 42.5 Å². The molecule has 2 atom stereocenters. The molecule has 0 N–H and O–H groups in total. The second-order valence-electron chi connectivity index (χ2n) is 4.70. The lowest BCUT2D eigenvalue weighted by Gasteiger charge is -2.15. The molecule has 0 amide bonds. The summed E-state index contributed by atoms with van der Waals surface area (Å²) < 4.78 is 25.3. The molecule has 19 heavy (non-hydrogen) atoms. The van der Waals surface area contributed by atoms with Crippen molar-refractivity contribution in [2.75, 3.05) is 0 Å². The van der Waals surface area contributed by atoms with E-state index < -0.39 is 20.5 Å². The number of hydrogen-bond donors (Lipinski definition) is 0. The zero-order valence-corrected chi connectivity index (χ0v) is 11.7. The van der Waals surface area contributed by atoms with E-state index >= 15 is 0 Å². The average molecular weight is 293 g/mol. The first kappa shape index (κ1) is 12.7. The summed E-state index contributed by atoms with van der Waals surface area (Å²) in [6.45, 7) is 0. The third-order valence-electron chi connectivity index (χ3n) is 3.57. The van der Waals surface area contributed by atoms with Crippen LogP contribution in [-0.2, 0) is 16.3 Å². The van der Waals surface area contributed by atoms with Crippen LogP contribution >= 0.6 is 11.6 Å². The van der Waals surface area contributed by atoms with Crippen LogP contribution in [0.1, 0.15) is 16.5 Å². The Balaban J connectivity index is 2.02. The standard InChI is InChI=1S/C15H13ClO2S/c16-15-13-9-5-4-6-11(13)10-14(15)19(17,18)12-7-2-1-3-8-12/h1-9,14-15H,10H2/t14-,15-/m0/s1. The summed E-state index contributed by atoms with van der Waals surface area (Å²) >= 11 is 6.36. The number of sulfone groups is 1. The highest BCUT2D eigenvalue weighted by Crippen LogP contribution is 2.41. The lowest BCUT2D eigenvalue weighted by Crippen LogP contribution is -2.23. The molecule has 1 aliphatic rings. The fourth-order valence-corrected chi connectivity index (χ4v) is 5.02. The Kier molecular flexibility index (Phi) is 3.11. The largest absolute Gasteiger partial charge is 0.223 e. The predicted molar refractivity (Wildman–Crippen MR) is 76.2 cm³/mol. The summed E-state index contributed by atoms with van der Waals surface area (Å²) in [6, 6.07) is 16.2. The van der Waals surface area contributed by atoms with E-state index in [2.05, 4.69) is 0 Å². The van der Waals surface area contributed by atoms with Crippen molar-refractivity contribution >= 4 is 21.4 Å². The quantitative estimate of drug-likeness (QED) is 0.795. The van der Waals surface area contributed by atoms with E-state index in [1.54, 1.807) is 30.3 Å². The summed E-state index contributed by atoms with van der Waals surface area (Å²) in [4.78, 5) is 0.346. The first-order valence-electron chi connectivity index (χ1n) is 6.11. The van der Waals surface area contributed by atoms with Gasteiger partial charge in [0.25, 0.3) is 0 Å². The van der Waals surface area contributed by atoms with Gasteiger partial charge in [0.2, 0.25) is 0 Å². The SMILES string of the molecule is O=S(=O)(c1ccccc1)[C@H]1Cc2ccccc2[C@@H]1Cl. The molecular weight excluding hydrogens is 280 g/mol. The average Bonchev–Trinajstić information content (AvgIpc) is 2.78. The van der Waals surface area contributed by atoms with Crippen LogP contribution in [0.3, 0.4) is 0 Å². The number of alkyl halides is 1. The van der Waals surface area contributed by atoms with Gasteiger partial charge < -0.3 is 0 Å². The minimum Gasteiger partial charge on any atom is -0.223 e. The highest BCUT2D eigenvalue weighted by molar-refractivity contribution is 7.92. The molecule has 0 aromatic heterocycles. The van der Waals surface area contributed by atoms with E-state index in [9.17, 15) is 8.42 Å². The normalized spacial score (nSPS) is 22.2. The Hall–Kier alpha value is -1.32. The van der Waals surface area contributed by atoms with Gasteiger partial charge in [-0.2, -0.15) is 0 Å². The zero-order chi connectivity index (χ0) is 13.5. The molecule has 0 saturated heterocycles. The number of rotatable bonds is 2. The van der Waals surface area contributed by atoms with Gasteiger partial charge in [0.15, 0.2) is 9.84 Å². The molecule has 1 aliphatic carbocycles. The van der Waals surface area contributed by atoms with E-state index in [0.29, 0.717) is 11.3 Å². The maximum Gasteiger partial charge on any atom is 0.183 e. The van der Waals surface area contributed by atoms with Crippen LogP contribution in [0.25, 0.3) is 0 Å². The van der Waals surface area contributed by atoms with Gasteiger partial charge in [0.05, 0.1) is 15.5 Å². The molecule has 0 heterocycles. The summed E-state index contributed by atoms with van der Waals surface area (Å²) in [6.07, 6.45) is 0.488. The molecular formula is C15H13ClO2S. The Bertz CT molecular complexity index is 695. The maximum absolute atomic E-state index is 12.6. The third kappa shape index (κ3) is 2.07. The molecule has 0 fully saturated rings. The number of fused-ring (bicyclic) bond motifs is 1. The predicted octanol–water partition coefficient (Wildman–Crippen LogP) is 3.37. The highest BCUT2D eigenvalue weighted by Gasteiger charge is 2.40. The second kappa shape index (κ2) is 4.66. The van der Waals surface area contributed by atoms with Crippen LogP contribution in [0.5, 0.6) is 0 Å². The molecule has 0 radical (unpaired) electrons. The Labute approximate surface area is 118 Å². The van der Waals surface area contributed by atoms with Gasteiger partial charge in [-0.05, 0) is 29.7 Å². The van der Waals surface area contributed by atoms with E-state index in [1.807, 2.05) is 24.3 Å². The minimum absolute atomic E-state index is 0.346. The van der Waals surface area contributed by atoms with Crippen LogP contribution < -0.4 is 0 Å². The molecule has 0 unspecified atom stereocenters. The van der Waals surface area contributed by atoms with Crippen molar-refractivity contribution < 1.29 is 8.42 Å².